The van der Waals surface area contributed by atoms with Crippen molar-refractivity contribution in [3.8, 4) is 22.6 Å². The van der Waals surface area contributed by atoms with Crippen LogP contribution >= 0.6 is 0 Å². The van der Waals surface area contributed by atoms with E-state index >= 15 is 0 Å². The molecule has 1 aliphatic rings. The van der Waals surface area contributed by atoms with Gasteiger partial charge >= 0.3 is 0 Å². The smallest absolute Gasteiger partial charge is 0.258 e. The van der Waals surface area contributed by atoms with E-state index in [2.05, 4.69) is 14.5 Å². The molecular weight excluding hydrogens is 440 g/mol. The van der Waals surface area contributed by atoms with Crippen LogP contribution in [-0.4, -0.2) is 38.5 Å². The fourth-order valence-corrected chi connectivity index (χ4v) is 4.76. The minimum Gasteiger partial charge on any atom is -0.497 e. The molecule has 7 heteroatoms. The molecule has 4 aromatic rings. The van der Waals surface area contributed by atoms with Gasteiger partial charge in [0.2, 0.25) is 0 Å². The van der Waals surface area contributed by atoms with Crippen molar-refractivity contribution < 1.29 is 9.53 Å². The molecule has 2 aromatic heterocycles. The van der Waals surface area contributed by atoms with Crippen molar-refractivity contribution in [2.24, 2.45) is 7.05 Å². The van der Waals surface area contributed by atoms with Crippen molar-refractivity contribution in [3.05, 3.63) is 100.0 Å². The largest absolute Gasteiger partial charge is 0.497 e. The van der Waals surface area contributed by atoms with Crippen LogP contribution in [-0.2, 0) is 26.6 Å². The molecule has 0 radical (unpaired) electrons. The number of carbonyl (C=O) groups excluding carboxylic acids is 1. The average Bonchev–Trinajstić information content (AvgIpc) is 3.34. The molecule has 0 saturated carbocycles. The highest BCUT2D eigenvalue weighted by Crippen LogP contribution is 2.25. The third kappa shape index (κ3) is 4.42. The van der Waals surface area contributed by atoms with Crippen molar-refractivity contribution >= 4 is 5.78 Å². The number of hydrogen-bond donors (Lipinski definition) is 0. The zero-order valence-corrected chi connectivity index (χ0v) is 20.2. The molecule has 35 heavy (non-hydrogen) atoms. The number of rotatable bonds is 6. The second-order valence-corrected chi connectivity index (χ2v) is 8.90. The maximum Gasteiger partial charge on any atom is 0.258 e. The summed E-state index contributed by atoms with van der Waals surface area (Å²) in [5.74, 6) is 1.76. The van der Waals surface area contributed by atoms with Crippen LogP contribution in [0.5, 0.6) is 5.75 Å². The lowest BCUT2D eigenvalue weighted by Crippen LogP contribution is -2.35. The summed E-state index contributed by atoms with van der Waals surface area (Å²) in [4.78, 5) is 32.0. The zero-order chi connectivity index (χ0) is 24.5. The Labute approximate surface area is 204 Å². The number of ether oxygens (including phenoxy) is 1. The average molecular weight is 469 g/mol. The molecule has 0 N–H and O–H groups in total. The standard InChI is InChI=1S/C28H28N4O3/c1-19(33)20-5-4-6-21(15-20)25-16-22-17-31(13-11-26(22)30(2)28(25)34)18-27-29-12-14-32(27)23-7-9-24(35-3)10-8-23/h4-10,12,14-16H,11,13,17-18H2,1-3H3. The van der Waals surface area contributed by atoms with Crippen LogP contribution in [0.3, 0.4) is 0 Å². The van der Waals surface area contributed by atoms with Crippen LogP contribution < -0.4 is 10.3 Å². The Morgan fingerprint density at radius 3 is 2.66 bits per heavy atom. The number of benzene rings is 2. The molecule has 2 aromatic carbocycles. The Hall–Kier alpha value is -3.97. The van der Waals surface area contributed by atoms with Crippen molar-refractivity contribution in [1.29, 1.82) is 0 Å². The van der Waals surface area contributed by atoms with Gasteiger partial charge in [-0.2, -0.15) is 0 Å². The molecule has 0 saturated heterocycles. The van der Waals surface area contributed by atoms with Crippen LogP contribution in [0, 0.1) is 0 Å². The first-order valence-electron chi connectivity index (χ1n) is 11.7. The molecule has 0 amide bonds. The SMILES string of the molecule is COc1ccc(-n2ccnc2CN2CCc3c(cc(-c4cccc(C(C)=O)c4)c(=O)n3C)C2)cc1. The number of Topliss-reactive ketones (excluding diaryl/α,β-unsaturated/α-hetero) is 1. The first kappa shape index (κ1) is 22.8. The molecule has 0 bridgehead atoms. The summed E-state index contributed by atoms with van der Waals surface area (Å²) >= 11 is 0. The van der Waals surface area contributed by atoms with E-state index in [4.69, 9.17) is 4.74 Å². The van der Waals surface area contributed by atoms with Gasteiger partial charge in [-0.05, 0) is 54.4 Å². The van der Waals surface area contributed by atoms with E-state index in [-0.39, 0.29) is 11.3 Å². The van der Waals surface area contributed by atoms with Gasteiger partial charge in [-0.3, -0.25) is 14.5 Å². The second kappa shape index (κ2) is 9.35. The lowest BCUT2D eigenvalue weighted by molar-refractivity contribution is 0.101. The summed E-state index contributed by atoms with van der Waals surface area (Å²) in [6, 6.07) is 17.2. The number of fused-ring (bicyclic) bond motifs is 1. The van der Waals surface area contributed by atoms with Gasteiger partial charge in [-0.15, -0.1) is 0 Å². The number of pyridine rings is 1. The number of methoxy groups -OCH3 is 1. The van der Waals surface area contributed by atoms with E-state index in [0.29, 0.717) is 17.7 Å². The summed E-state index contributed by atoms with van der Waals surface area (Å²) in [6.07, 6.45) is 4.58. The molecule has 178 valence electrons. The van der Waals surface area contributed by atoms with Crippen LogP contribution in [0.25, 0.3) is 16.8 Å². The normalized spacial score (nSPS) is 13.5. The summed E-state index contributed by atoms with van der Waals surface area (Å²) in [6.45, 7) is 3.79. The summed E-state index contributed by atoms with van der Waals surface area (Å²) in [7, 11) is 3.50. The van der Waals surface area contributed by atoms with E-state index in [1.807, 2.05) is 61.9 Å². The molecule has 0 aliphatic carbocycles. The van der Waals surface area contributed by atoms with Gasteiger partial charge in [0.15, 0.2) is 5.78 Å². The number of imidazole rings is 1. The first-order chi connectivity index (χ1) is 16.9. The number of aromatic nitrogens is 3. The number of carbonyl (C=O) groups is 1. The van der Waals surface area contributed by atoms with E-state index < -0.39 is 0 Å². The number of hydrogen-bond acceptors (Lipinski definition) is 5. The molecule has 0 fully saturated rings. The van der Waals surface area contributed by atoms with Crippen LogP contribution in [0.2, 0.25) is 0 Å². The second-order valence-electron chi connectivity index (χ2n) is 8.90. The Kier molecular flexibility index (Phi) is 6.09. The first-order valence-corrected chi connectivity index (χ1v) is 11.7. The van der Waals surface area contributed by atoms with Gasteiger partial charge in [0, 0.05) is 61.5 Å². The van der Waals surface area contributed by atoms with Crippen molar-refractivity contribution in [1.82, 2.24) is 19.0 Å². The Morgan fingerprint density at radius 2 is 1.91 bits per heavy atom. The van der Waals surface area contributed by atoms with E-state index in [1.54, 1.807) is 23.8 Å². The van der Waals surface area contributed by atoms with Gasteiger partial charge in [0.1, 0.15) is 11.6 Å². The van der Waals surface area contributed by atoms with E-state index in [0.717, 1.165) is 53.6 Å². The van der Waals surface area contributed by atoms with Gasteiger partial charge in [0.05, 0.1) is 13.7 Å². The van der Waals surface area contributed by atoms with E-state index in [9.17, 15) is 9.59 Å². The van der Waals surface area contributed by atoms with Gasteiger partial charge in [0.25, 0.3) is 5.56 Å². The van der Waals surface area contributed by atoms with Crippen LogP contribution in [0.4, 0.5) is 0 Å². The summed E-state index contributed by atoms with van der Waals surface area (Å²) in [5.41, 5.74) is 5.19. The highest BCUT2D eigenvalue weighted by molar-refractivity contribution is 5.95. The minimum absolute atomic E-state index is 0.0137. The summed E-state index contributed by atoms with van der Waals surface area (Å²) < 4.78 is 9.13. The molecular formula is C28H28N4O3. The monoisotopic (exact) mass is 468 g/mol. The van der Waals surface area contributed by atoms with Crippen LogP contribution in [0.15, 0.2) is 71.8 Å². The molecule has 0 atom stereocenters. The predicted molar refractivity (Wildman–Crippen MR) is 135 cm³/mol. The summed E-state index contributed by atoms with van der Waals surface area (Å²) in [5, 5.41) is 0. The molecule has 0 unspecified atom stereocenters. The quantitative estimate of drug-likeness (QED) is 0.400. The highest BCUT2D eigenvalue weighted by atomic mass is 16.5. The fraction of sp³-hybridized carbons (Fsp3) is 0.250. The maximum absolute atomic E-state index is 13.1. The lowest BCUT2D eigenvalue weighted by atomic mass is 9.97. The number of nitrogens with zero attached hydrogens (tertiary/aromatic N) is 4. The lowest BCUT2D eigenvalue weighted by Gasteiger charge is -2.30. The zero-order valence-electron chi connectivity index (χ0n) is 20.2. The number of ketones is 1. The minimum atomic E-state index is -0.0343. The van der Waals surface area contributed by atoms with E-state index in [1.165, 1.54) is 6.92 Å². The highest BCUT2D eigenvalue weighted by Gasteiger charge is 2.22. The van der Waals surface area contributed by atoms with Gasteiger partial charge in [-0.1, -0.05) is 18.2 Å². The van der Waals surface area contributed by atoms with Crippen molar-refractivity contribution in [2.45, 2.75) is 26.4 Å². The van der Waals surface area contributed by atoms with Crippen LogP contribution in [0.1, 0.15) is 34.4 Å². The topological polar surface area (TPSA) is 69.4 Å². The molecule has 0 spiro atoms. The Balaban J connectivity index is 1.43. The molecule has 3 heterocycles. The Morgan fingerprint density at radius 1 is 1.11 bits per heavy atom. The van der Waals surface area contributed by atoms with Gasteiger partial charge < -0.3 is 13.9 Å². The molecule has 1 aliphatic heterocycles. The third-order valence-electron chi connectivity index (χ3n) is 6.70. The Bertz CT molecular complexity index is 1450. The third-order valence-corrected chi connectivity index (χ3v) is 6.70. The fourth-order valence-electron chi connectivity index (χ4n) is 4.76. The van der Waals surface area contributed by atoms with Crippen molar-refractivity contribution in [3.63, 3.8) is 0 Å². The maximum atomic E-state index is 13.1. The molecule has 5 rings (SSSR count). The predicted octanol–water partition coefficient (Wildman–Crippen LogP) is 4.01. The van der Waals surface area contributed by atoms with Crippen molar-refractivity contribution in [2.75, 3.05) is 13.7 Å². The van der Waals surface area contributed by atoms with Gasteiger partial charge in [-0.25, -0.2) is 4.98 Å². The molecule has 7 nitrogen and oxygen atoms in total.